The molecule has 1 unspecified atom stereocenters. The van der Waals surface area contributed by atoms with Gasteiger partial charge in [0, 0.05) is 19.1 Å². The standard InChI is InChI=1S/C19H28N2O3/c1-14(13-19(2,3)16-7-5-4-6-8-16)20-18(24)21-11-9-15(10-12-21)17(22)23/h4-8,14-15H,9-13H2,1-3H3,(H,20,24)(H,22,23). The normalized spacial score (nSPS) is 17.4. The first kappa shape index (κ1) is 18.3. The molecule has 0 spiro atoms. The molecule has 0 aliphatic carbocycles. The van der Waals surface area contributed by atoms with Crippen LogP contribution in [0.1, 0.15) is 45.6 Å². The number of carboxylic acids is 1. The number of rotatable bonds is 5. The third-order valence-electron chi connectivity index (χ3n) is 4.87. The van der Waals surface area contributed by atoms with E-state index in [-0.39, 0.29) is 23.4 Å². The zero-order valence-corrected chi connectivity index (χ0v) is 14.8. The molecule has 24 heavy (non-hydrogen) atoms. The number of piperidine rings is 1. The smallest absolute Gasteiger partial charge is 0.317 e. The summed E-state index contributed by atoms with van der Waals surface area (Å²) in [5.74, 6) is -1.07. The number of likely N-dealkylation sites (tertiary alicyclic amines) is 1. The fourth-order valence-corrected chi connectivity index (χ4v) is 3.46. The van der Waals surface area contributed by atoms with Crippen molar-refractivity contribution in [2.75, 3.05) is 13.1 Å². The van der Waals surface area contributed by atoms with E-state index in [1.807, 2.05) is 25.1 Å². The molecule has 5 nitrogen and oxygen atoms in total. The quantitative estimate of drug-likeness (QED) is 0.869. The molecular weight excluding hydrogens is 304 g/mol. The summed E-state index contributed by atoms with van der Waals surface area (Å²) in [6.45, 7) is 7.41. The van der Waals surface area contributed by atoms with Gasteiger partial charge in [0.05, 0.1) is 5.92 Å². The van der Waals surface area contributed by atoms with Crippen molar-refractivity contribution in [2.24, 2.45) is 5.92 Å². The first-order chi connectivity index (χ1) is 11.3. The molecule has 0 saturated carbocycles. The highest BCUT2D eigenvalue weighted by molar-refractivity contribution is 5.75. The fourth-order valence-electron chi connectivity index (χ4n) is 3.46. The molecule has 2 N–H and O–H groups in total. The summed E-state index contributed by atoms with van der Waals surface area (Å²) in [4.78, 5) is 25.1. The van der Waals surface area contributed by atoms with Crippen molar-refractivity contribution in [2.45, 2.75) is 51.5 Å². The number of nitrogens with zero attached hydrogens (tertiary/aromatic N) is 1. The molecule has 1 aliphatic heterocycles. The molecule has 1 fully saturated rings. The minimum Gasteiger partial charge on any atom is -0.481 e. The fraction of sp³-hybridized carbons (Fsp3) is 0.579. The van der Waals surface area contributed by atoms with Crippen molar-refractivity contribution in [3.63, 3.8) is 0 Å². The first-order valence-electron chi connectivity index (χ1n) is 8.63. The number of aliphatic carboxylic acids is 1. The Bertz CT molecular complexity index is 563. The van der Waals surface area contributed by atoms with Crippen molar-refractivity contribution < 1.29 is 14.7 Å². The molecule has 1 aliphatic rings. The summed E-state index contributed by atoms with van der Waals surface area (Å²) in [5.41, 5.74) is 1.23. The van der Waals surface area contributed by atoms with Gasteiger partial charge in [0.15, 0.2) is 0 Å². The topological polar surface area (TPSA) is 69.6 Å². The minimum absolute atomic E-state index is 0.0236. The van der Waals surface area contributed by atoms with Crippen LogP contribution >= 0.6 is 0 Å². The molecule has 1 atom stereocenters. The molecule has 2 rings (SSSR count). The van der Waals surface area contributed by atoms with Gasteiger partial charge in [-0.1, -0.05) is 44.2 Å². The van der Waals surface area contributed by atoms with Crippen LogP contribution < -0.4 is 5.32 Å². The van der Waals surface area contributed by atoms with Gasteiger partial charge in [0.2, 0.25) is 0 Å². The molecule has 1 aromatic carbocycles. The summed E-state index contributed by atoms with van der Waals surface area (Å²) in [6, 6.07) is 10.3. The molecule has 0 bridgehead atoms. The van der Waals surface area contributed by atoms with Crippen molar-refractivity contribution in [1.29, 1.82) is 0 Å². The monoisotopic (exact) mass is 332 g/mol. The van der Waals surface area contributed by atoms with E-state index in [2.05, 4.69) is 31.3 Å². The SMILES string of the molecule is CC(CC(C)(C)c1ccccc1)NC(=O)N1CCC(C(=O)O)CC1. The van der Waals surface area contributed by atoms with Gasteiger partial charge in [-0.15, -0.1) is 0 Å². The van der Waals surface area contributed by atoms with Crippen LogP contribution in [0, 0.1) is 5.92 Å². The Balaban J connectivity index is 1.85. The van der Waals surface area contributed by atoms with Gasteiger partial charge in [0.25, 0.3) is 0 Å². The zero-order valence-electron chi connectivity index (χ0n) is 14.8. The van der Waals surface area contributed by atoms with Gasteiger partial charge < -0.3 is 15.3 Å². The summed E-state index contributed by atoms with van der Waals surface area (Å²) < 4.78 is 0. The van der Waals surface area contributed by atoms with Crippen molar-refractivity contribution in [3.8, 4) is 0 Å². The largest absolute Gasteiger partial charge is 0.481 e. The number of nitrogens with one attached hydrogen (secondary N) is 1. The second-order valence-corrected chi connectivity index (χ2v) is 7.40. The number of hydrogen-bond acceptors (Lipinski definition) is 2. The predicted octanol–water partition coefficient (Wildman–Crippen LogP) is 3.25. The van der Waals surface area contributed by atoms with Crippen LogP contribution in [0.5, 0.6) is 0 Å². The van der Waals surface area contributed by atoms with Crippen molar-refractivity contribution >= 4 is 12.0 Å². The van der Waals surface area contributed by atoms with E-state index < -0.39 is 5.97 Å². The number of urea groups is 1. The van der Waals surface area contributed by atoms with E-state index in [0.717, 1.165) is 6.42 Å². The van der Waals surface area contributed by atoms with E-state index in [4.69, 9.17) is 5.11 Å². The van der Waals surface area contributed by atoms with Gasteiger partial charge >= 0.3 is 12.0 Å². The number of benzene rings is 1. The number of hydrogen-bond donors (Lipinski definition) is 2. The van der Waals surface area contributed by atoms with Gasteiger partial charge in [-0.3, -0.25) is 4.79 Å². The lowest BCUT2D eigenvalue weighted by atomic mass is 9.79. The van der Waals surface area contributed by atoms with Crippen LogP contribution in [0.4, 0.5) is 4.79 Å². The summed E-state index contributed by atoms with van der Waals surface area (Å²) in [6.07, 6.45) is 1.91. The minimum atomic E-state index is -0.756. The average molecular weight is 332 g/mol. The Hall–Kier alpha value is -2.04. The van der Waals surface area contributed by atoms with E-state index in [1.54, 1.807) is 4.90 Å². The van der Waals surface area contributed by atoms with Gasteiger partial charge in [-0.25, -0.2) is 4.79 Å². The molecule has 1 aromatic rings. The number of amides is 2. The second-order valence-electron chi connectivity index (χ2n) is 7.40. The van der Waals surface area contributed by atoms with E-state index in [1.165, 1.54) is 5.56 Å². The van der Waals surface area contributed by atoms with Crippen LogP contribution in [0.15, 0.2) is 30.3 Å². The Kier molecular flexibility index (Phi) is 5.86. The van der Waals surface area contributed by atoms with Crippen LogP contribution in [0.2, 0.25) is 0 Å². The lowest BCUT2D eigenvalue weighted by Crippen LogP contribution is -2.48. The summed E-state index contributed by atoms with van der Waals surface area (Å²) >= 11 is 0. The molecule has 0 radical (unpaired) electrons. The van der Waals surface area contributed by atoms with Crippen LogP contribution in [-0.2, 0) is 10.2 Å². The van der Waals surface area contributed by atoms with Gasteiger partial charge in [-0.2, -0.15) is 0 Å². The van der Waals surface area contributed by atoms with Crippen LogP contribution in [0.25, 0.3) is 0 Å². The molecule has 1 heterocycles. The first-order valence-corrected chi connectivity index (χ1v) is 8.63. The predicted molar refractivity (Wildman–Crippen MR) is 94.0 cm³/mol. The van der Waals surface area contributed by atoms with Crippen LogP contribution in [0.3, 0.4) is 0 Å². The van der Waals surface area contributed by atoms with E-state index in [0.29, 0.717) is 25.9 Å². The molecule has 5 heteroatoms. The number of carboxylic acid groups (broad SMARTS) is 1. The Morgan fingerprint density at radius 1 is 1.25 bits per heavy atom. The van der Waals surface area contributed by atoms with Gasteiger partial charge in [0.1, 0.15) is 0 Å². The highest BCUT2D eigenvalue weighted by Crippen LogP contribution is 2.28. The summed E-state index contributed by atoms with van der Waals surface area (Å²) in [5, 5.41) is 12.1. The van der Waals surface area contributed by atoms with E-state index in [9.17, 15) is 9.59 Å². The number of carbonyl (C=O) groups is 2. The lowest BCUT2D eigenvalue weighted by Gasteiger charge is -2.33. The van der Waals surface area contributed by atoms with Crippen molar-refractivity contribution in [1.82, 2.24) is 10.2 Å². The molecular formula is C19H28N2O3. The lowest BCUT2D eigenvalue weighted by molar-refractivity contribution is -0.143. The molecule has 132 valence electrons. The van der Waals surface area contributed by atoms with Gasteiger partial charge in [-0.05, 0) is 37.2 Å². The maximum atomic E-state index is 12.4. The second kappa shape index (κ2) is 7.69. The van der Waals surface area contributed by atoms with Crippen molar-refractivity contribution in [3.05, 3.63) is 35.9 Å². The molecule has 1 saturated heterocycles. The highest BCUT2D eigenvalue weighted by Gasteiger charge is 2.29. The Morgan fingerprint density at radius 2 is 1.83 bits per heavy atom. The Labute approximate surface area is 144 Å². The number of carbonyl (C=O) groups excluding carboxylic acids is 1. The maximum absolute atomic E-state index is 12.4. The van der Waals surface area contributed by atoms with E-state index >= 15 is 0 Å². The third kappa shape index (κ3) is 4.73. The third-order valence-corrected chi connectivity index (χ3v) is 4.87. The van der Waals surface area contributed by atoms with Crippen LogP contribution in [-0.4, -0.2) is 41.1 Å². The maximum Gasteiger partial charge on any atom is 0.317 e. The molecule has 0 aromatic heterocycles. The highest BCUT2D eigenvalue weighted by atomic mass is 16.4. The Morgan fingerprint density at radius 3 is 2.38 bits per heavy atom. The average Bonchev–Trinajstić information content (AvgIpc) is 2.55. The molecule has 2 amide bonds. The summed E-state index contributed by atoms with van der Waals surface area (Å²) in [7, 11) is 0. The zero-order chi connectivity index (χ0) is 17.7.